The standard InChI is InChI=1S/C17H26N4O2/c1-17(6-3-7-17)9-14-13(15(18)23)10-19-16(21-14)20-11-4-2-5-12(22)8-11/h10-12,22H,2-9H2,1H3,(H2,18,23)(H,19,20,21)/t11-,12+/m1/s1. The van der Waals surface area contributed by atoms with E-state index in [0.29, 0.717) is 17.9 Å². The molecule has 126 valence electrons. The second-order valence-corrected chi connectivity index (χ2v) is 7.42. The lowest BCUT2D eigenvalue weighted by atomic mass is 9.67. The van der Waals surface area contributed by atoms with Gasteiger partial charge in [0.25, 0.3) is 5.91 Å². The summed E-state index contributed by atoms with van der Waals surface area (Å²) in [5.41, 5.74) is 6.86. The lowest BCUT2D eigenvalue weighted by Gasteiger charge is -2.38. The number of hydrogen-bond donors (Lipinski definition) is 3. The second kappa shape index (κ2) is 6.43. The van der Waals surface area contributed by atoms with Crippen LogP contribution in [0.5, 0.6) is 0 Å². The minimum Gasteiger partial charge on any atom is -0.393 e. The highest BCUT2D eigenvalue weighted by Gasteiger charge is 2.33. The fraction of sp³-hybridized carbons (Fsp3) is 0.706. The van der Waals surface area contributed by atoms with Gasteiger partial charge in [-0.15, -0.1) is 0 Å². The van der Waals surface area contributed by atoms with Crippen LogP contribution in [0.4, 0.5) is 5.95 Å². The van der Waals surface area contributed by atoms with E-state index in [4.69, 9.17) is 5.73 Å². The number of aliphatic hydroxyl groups is 1. The first-order valence-electron chi connectivity index (χ1n) is 8.55. The Morgan fingerprint density at radius 2 is 2.22 bits per heavy atom. The van der Waals surface area contributed by atoms with E-state index in [-0.39, 0.29) is 17.6 Å². The Hall–Kier alpha value is -1.69. The van der Waals surface area contributed by atoms with Gasteiger partial charge in [0.15, 0.2) is 0 Å². The van der Waals surface area contributed by atoms with Gasteiger partial charge in [-0.3, -0.25) is 4.79 Å². The van der Waals surface area contributed by atoms with Crippen LogP contribution in [0.2, 0.25) is 0 Å². The van der Waals surface area contributed by atoms with E-state index in [1.165, 1.54) is 12.6 Å². The number of nitrogens with two attached hydrogens (primary N) is 1. The minimum atomic E-state index is -0.470. The molecule has 0 bridgehead atoms. The van der Waals surface area contributed by atoms with Gasteiger partial charge in [-0.25, -0.2) is 9.97 Å². The zero-order valence-corrected chi connectivity index (χ0v) is 13.7. The predicted octanol–water partition coefficient (Wildman–Crippen LogP) is 2.02. The van der Waals surface area contributed by atoms with E-state index in [1.807, 2.05) is 0 Å². The van der Waals surface area contributed by atoms with Crippen molar-refractivity contribution in [1.29, 1.82) is 0 Å². The molecule has 0 aliphatic heterocycles. The average Bonchev–Trinajstić information content (AvgIpc) is 2.45. The summed E-state index contributed by atoms with van der Waals surface area (Å²) in [6, 6.07) is 0.185. The topological polar surface area (TPSA) is 101 Å². The van der Waals surface area contributed by atoms with Gasteiger partial charge >= 0.3 is 0 Å². The molecular formula is C17H26N4O2. The molecule has 0 radical (unpaired) electrons. The summed E-state index contributed by atoms with van der Waals surface area (Å²) in [6.07, 6.45) is 9.19. The number of aromatic nitrogens is 2. The summed E-state index contributed by atoms with van der Waals surface area (Å²) in [4.78, 5) is 20.5. The number of primary amides is 1. The van der Waals surface area contributed by atoms with Crippen molar-refractivity contribution in [2.24, 2.45) is 11.1 Å². The van der Waals surface area contributed by atoms with E-state index in [1.54, 1.807) is 0 Å². The number of nitrogens with zero attached hydrogens (tertiary/aromatic N) is 2. The molecule has 3 rings (SSSR count). The van der Waals surface area contributed by atoms with Gasteiger partial charge in [-0.2, -0.15) is 0 Å². The number of nitrogens with one attached hydrogen (secondary N) is 1. The number of rotatable bonds is 5. The van der Waals surface area contributed by atoms with Crippen LogP contribution in [-0.2, 0) is 6.42 Å². The van der Waals surface area contributed by atoms with E-state index in [9.17, 15) is 9.90 Å². The first kappa shape index (κ1) is 16.2. The molecule has 1 amide bonds. The molecule has 1 heterocycles. The molecule has 2 saturated carbocycles. The molecule has 2 aliphatic rings. The Kier molecular flexibility index (Phi) is 4.53. The first-order chi connectivity index (χ1) is 11.0. The Morgan fingerprint density at radius 1 is 1.43 bits per heavy atom. The van der Waals surface area contributed by atoms with Crippen LogP contribution >= 0.6 is 0 Å². The monoisotopic (exact) mass is 318 g/mol. The minimum absolute atomic E-state index is 0.185. The van der Waals surface area contributed by atoms with Crippen LogP contribution in [0.15, 0.2) is 6.20 Å². The summed E-state index contributed by atoms with van der Waals surface area (Å²) >= 11 is 0. The summed E-state index contributed by atoms with van der Waals surface area (Å²) in [6.45, 7) is 2.23. The zero-order chi connectivity index (χ0) is 16.4. The van der Waals surface area contributed by atoms with Crippen LogP contribution in [0.25, 0.3) is 0 Å². The largest absolute Gasteiger partial charge is 0.393 e. The Bertz CT molecular complexity index is 586. The molecule has 0 unspecified atom stereocenters. The molecule has 2 aliphatic carbocycles. The van der Waals surface area contributed by atoms with Crippen molar-refractivity contribution in [1.82, 2.24) is 9.97 Å². The summed E-state index contributed by atoms with van der Waals surface area (Å²) in [5.74, 6) is 0.0644. The highest BCUT2D eigenvalue weighted by atomic mass is 16.3. The van der Waals surface area contributed by atoms with Crippen molar-refractivity contribution < 1.29 is 9.90 Å². The molecule has 1 aromatic rings. The molecule has 1 aromatic heterocycles. The molecular weight excluding hydrogens is 292 g/mol. The van der Waals surface area contributed by atoms with Gasteiger partial charge in [-0.1, -0.05) is 13.3 Å². The van der Waals surface area contributed by atoms with Crippen LogP contribution < -0.4 is 11.1 Å². The molecule has 23 heavy (non-hydrogen) atoms. The maximum atomic E-state index is 11.6. The maximum Gasteiger partial charge on any atom is 0.252 e. The van der Waals surface area contributed by atoms with Gasteiger partial charge in [0, 0.05) is 12.2 Å². The second-order valence-electron chi connectivity index (χ2n) is 7.42. The third-order valence-electron chi connectivity index (χ3n) is 5.27. The third kappa shape index (κ3) is 3.80. The number of aliphatic hydroxyl groups excluding tert-OH is 1. The van der Waals surface area contributed by atoms with Crippen LogP contribution in [-0.4, -0.2) is 33.1 Å². The number of anilines is 1. The van der Waals surface area contributed by atoms with Crippen molar-refractivity contribution >= 4 is 11.9 Å². The molecule has 0 spiro atoms. The number of carbonyl (C=O) groups excluding carboxylic acids is 1. The van der Waals surface area contributed by atoms with Crippen LogP contribution in [0, 0.1) is 5.41 Å². The maximum absolute atomic E-state index is 11.6. The normalized spacial score (nSPS) is 26.3. The molecule has 6 nitrogen and oxygen atoms in total. The molecule has 2 fully saturated rings. The molecule has 0 aromatic carbocycles. The SMILES string of the molecule is CC1(Cc2nc(N[C@@H]3CCC[C@H](O)C3)ncc2C(N)=O)CCC1. The van der Waals surface area contributed by atoms with E-state index >= 15 is 0 Å². The van der Waals surface area contributed by atoms with Crippen molar-refractivity contribution in [2.75, 3.05) is 5.32 Å². The van der Waals surface area contributed by atoms with Gasteiger partial charge in [0.2, 0.25) is 5.95 Å². The van der Waals surface area contributed by atoms with Gasteiger partial charge in [0.05, 0.1) is 17.4 Å². The molecule has 6 heteroatoms. The lowest BCUT2D eigenvalue weighted by molar-refractivity contribution is 0.0996. The summed E-state index contributed by atoms with van der Waals surface area (Å²) in [7, 11) is 0. The highest BCUT2D eigenvalue weighted by Crippen LogP contribution is 2.43. The van der Waals surface area contributed by atoms with Crippen molar-refractivity contribution in [2.45, 2.75) is 70.4 Å². The Labute approximate surface area is 136 Å². The number of amides is 1. The highest BCUT2D eigenvalue weighted by molar-refractivity contribution is 5.93. The third-order valence-corrected chi connectivity index (χ3v) is 5.27. The van der Waals surface area contributed by atoms with Gasteiger partial charge in [0.1, 0.15) is 0 Å². The molecule has 2 atom stereocenters. The van der Waals surface area contributed by atoms with E-state index in [0.717, 1.165) is 44.2 Å². The fourth-order valence-corrected chi connectivity index (χ4v) is 3.67. The zero-order valence-electron chi connectivity index (χ0n) is 13.7. The first-order valence-corrected chi connectivity index (χ1v) is 8.55. The average molecular weight is 318 g/mol. The fourth-order valence-electron chi connectivity index (χ4n) is 3.67. The molecule has 4 N–H and O–H groups in total. The van der Waals surface area contributed by atoms with Crippen LogP contribution in [0.1, 0.15) is 67.9 Å². The lowest BCUT2D eigenvalue weighted by Crippen LogP contribution is -2.32. The predicted molar refractivity (Wildman–Crippen MR) is 88.1 cm³/mol. The Morgan fingerprint density at radius 3 is 2.83 bits per heavy atom. The van der Waals surface area contributed by atoms with Gasteiger partial charge in [-0.05, 0) is 50.4 Å². The van der Waals surface area contributed by atoms with Crippen molar-refractivity contribution in [3.63, 3.8) is 0 Å². The summed E-state index contributed by atoms with van der Waals surface area (Å²) < 4.78 is 0. The quantitative estimate of drug-likeness (QED) is 0.771. The van der Waals surface area contributed by atoms with E-state index in [2.05, 4.69) is 22.2 Å². The van der Waals surface area contributed by atoms with Crippen molar-refractivity contribution in [3.05, 3.63) is 17.5 Å². The number of hydrogen-bond acceptors (Lipinski definition) is 5. The van der Waals surface area contributed by atoms with Crippen LogP contribution in [0.3, 0.4) is 0 Å². The van der Waals surface area contributed by atoms with Crippen molar-refractivity contribution in [3.8, 4) is 0 Å². The Balaban J connectivity index is 1.77. The van der Waals surface area contributed by atoms with Gasteiger partial charge < -0.3 is 16.2 Å². The molecule has 0 saturated heterocycles. The van der Waals surface area contributed by atoms with E-state index < -0.39 is 5.91 Å². The number of carbonyl (C=O) groups is 1. The summed E-state index contributed by atoms with van der Waals surface area (Å²) in [5, 5.41) is 13.1. The smallest absolute Gasteiger partial charge is 0.252 e.